The Balaban J connectivity index is 1.98. The third kappa shape index (κ3) is 4.23. The molecule has 20 heavy (non-hydrogen) atoms. The third-order valence-corrected chi connectivity index (χ3v) is 4.41. The monoisotopic (exact) mass is 339 g/mol. The minimum Gasteiger partial charge on any atom is -0.493 e. The number of hydrogen-bond donors (Lipinski definition) is 1. The van der Waals surface area contributed by atoms with Crippen LogP contribution in [0, 0.1) is 0 Å². The van der Waals surface area contributed by atoms with E-state index in [1.165, 1.54) is 47.7 Å². The highest BCUT2D eigenvalue weighted by Gasteiger charge is 2.18. The van der Waals surface area contributed by atoms with Crippen molar-refractivity contribution in [3.63, 3.8) is 0 Å². The minimum atomic E-state index is 0.635. The van der Waals surface area contributed by atoms with E-state index in [1.54, 1.807) is 0 Å². The topological polar surface area (TPSA) is 21.3 Å². The van der Waals surface area contributed by atoms with Crippen LogP contribution in [0.3, 0.4) is 0 Å². The molecule has 0 radical (unpaired) electrons. The first-order chi connectivity index (χ1) is 9.74. The smallest absolute Gasteiger partial charge is 0.127 e. The molecule has 0 spiro atoms. The van der Waals surface area contributed by atoms with Crippen LogP contribution in [0.2, 0.25) is 0 Å². The maximum absolute atomic E-state index is 5.80. The first-order valence-electron chi connectivity index (χ1n) is 7.92. The van der Waals surface area contributed by atoms with Crippen LogP contribution in [0.25, 0.3) is 0 Å². The third-order valence-electron chi connectivity index (χ3n) is 3.95. The van der Waals surface area contributed by atoms with Crippen LogP contribution in [0.4, 0.5) is 0 Å². The van der Waals surface area contributed by atoms with Crippen LogP contribution in [0.1, 0.15) is 57.1 Å². The zero-order chi connectivity index (χ0) is 14.4. The molecule has 0 fully saturated rings. The molecule has 0 amide bonds. The Bertz CT molecular complexity index is 433. The van der Waals surface area contributed by atoms with E-state index in [9.17, 15) is 0 Å². The average molecular weight is 340 g/mol. The van der Waals surface area contributed by atoms with Gasteiger partial charge in [-0.1, -0.05) is 49.0 Å². The quantitative estimate of drug-likeness (QED) is 0.732. The minimum absolute atomic E-state index is 0.635. The maximum Gasteiger partial charge on any atom is 0.127 e. The van der Waals surface area contributed by atoms with E-state index in [-0.39, 0.29) is 0 Å². The van der Waals surface area contributed by atoms with Gasteiger partial charge in [-0.3, -0.25) is 0 Å². The molecule has 0 saturated heterocycles. The van der Waals surface area contributed by atoms with E-state index >= 15 is 0 Å². The van der Waals surface area contributed by atoms with Crippen LogP contribution in [-0.4, -0.2) is 12.6 Å². The average Bonchev–Trinajstić information content (AvgIpc) is 2.89. The molecule has 1 aromatic carbocycles. The van der Waals surface area contributed by atoms with Crippen molar-refractivity contribution in [3.05, 3.63) is 27.7 Å². The Morgan fingerprint density at radius 3 is 2.85 bits per heavy atom. The fourth-order valence-electron chi connectivity index (χ4n) is 2.88. The van der Waals surface area contributed by atoms with Crippen molar-refractivity contribution in [3.8, 4) is 5.75 Å². The zero-order valence-corrected chi connectivity index (χ0v) is 14.3. The summed E-state index contributed by atoms with van der Waals surface area (Å²) in [6.45, 7) is 6.27. The standard InChI is InChI=1S/C17H26BrNO/c1-3-5-7-16(6-4-2)19-12-14-11-15(18)10-13-8-9-20-17(13)14/h10-11,16,19H,3-9,12H2,1-2H3. The van der Waals surface area contributed by atoms with Gasteiger partial charge in [0, 0.05) is 29.0 Å². The molecule has 1 N–H and O–H groups in total. The van der Waals surface area contributed by atoms with E-state index in [2.05, 4.69) is 47.2 Å². The predicted molar refractivity (Wildman–Crippen MR) is 88.4 cm³/mol. The van der Waals surface area contributed by atoms with Gasteiger partial charge in [0.2, 0.25) is 0 Å². The number of hydrogen-bond acceptors (Lipinski definition) is 2. The first-order valence-corrected chi connectivity index (χ1v) is 8.71. The molecule has 1 unspecified atom stereocenters. The van der Waals surface area contributed by atoms with Gasteiger partial charge in [-0.15, -0.1) is 0 Å². The molecule has 2 rings (SSSR count). The fourth-order valence-corrected chi connectivity index (χ4v) is 3.43. The molecule has 112 valence electrons. The zero-order valence-electron chi connectivity index (χ0n) is 12.7. The molecule has 1 aliphatic rings. The van der Waals surface area contributed by atoms with Gasteiger partial charge in [0.15, 0.2) is 0 Å². The van der Waals surface area contributed by atoms with Crippen molar-refractivity contribution in [2.45, 2.75) is 65.0 Å². The summed E-state index contributed by atoms with van der Waals surface area (Å²) in [5.74, 6) is 1.12. The lowest BCUT2D eigenvalue weighted by molar-refractivity contribution is 0.350. The summed E-state index contributed by atoms with van der Waals surface area (Å²) in [4.78, 5) is 0. The number of unbranched alkanes of at least 4 members (excludes halogenated alkanes) is 1. The van der Waals surface area contributed by atoms with Gasteiger partial charge in [0.05, 0.1) is 6.61 Å². The summed E-state index contributed by atoms with van der Waals surface area (Å²) >= 11 is 3.61. The number of fused-ring (bicyclic) bond motifs is 1. The Kier molecular flexibility index (Phi) is 6.37. The van der Waals surface area contributed by atoms with Gasteiger partial charge < -0.3 is 10.1 Å². The lowest BCUT2D eigenvalue weighted by Crippen LogP contribution is -2.28. The molecule has 1 aromatic rings. The van der Waals surface area contributed by atoms with Gasteiger partial charge in [0.25, 0.3) is 0 Å². The van der Waals surface area contributed by atoms with Gasteiger partial charge in [-0.05, 0) is 30.5 Å². The lowest BCUT2D eigenvalue weighted by atomic mass is 10.0. The predicted octanol–water partition coefficient (Wildman–Crippen LogP) is 4.83. The van der Waals surface area contributed by atoms with Gasteiger partial charge >= 0.3 is 0 Å². The first kappa shape index (κ1) is 15.8. The highest BCUT2D eigenvalue weighted by molar-refractivity contribution is 9.10. The van der Waals surface area contributed by atoms with Crippen molar-refractivity contribution in [2.24, 2.45) is 0 Å². The molecule has 1 heterocycles. The molecule has 0 bridgehead atoms. The van der Waals surface area contributed by atoms with E-state index < -0.39 is 0 Å². The van der Waals surface area contributed by atoms with Gasteiger partial charge in [-0.25, -0.2) is 0 Å². The summed E-state index contributed by atoms with van der Waals surface area (Å²) < 4.78 is 6.96. The fraction of sp³-hybridized carbons (Fsp3) is 0.647. The Morgan fingerprint density at radius 1 is 1.25 bits per heavy atom. The Morgan fingerprint density at radius 2 is 2.10 bits per heavy atom. The summed E-state index contributed by atoms with van der Waals surface area (Å²) in [7, 11) is 0. The molecular formula is C17H26BrNO. The van der Waals surface area contributed by atoms with Crippen molar-refractivity contribution in [1.82, 2.24) is 5.32 Å². The van der Waals surface area contributed by atoms with Crippen LogP contribution in [0.15, 0.2) is 16.6 Å². The van der Waals surface area contributed by atoms with Crippen molar-refractivity contribution in [1.29, 1.82) is 0 Å². The second-order valence-electron chi connectivity index (χ2n) is 5.66. The largest absolute Gasteiger partial charge is 0.493 e. The van der Waals surface area contributed by atoms with Gasteiger partial charge in [0.1, 0.15) is 5.75 Å². The molecule has 3 heteroatoms. The molecular weight excluding hydrogens is 314 g/mol. The second-order valence-corrected chi connectivity index (χ2v) is 6.58. The van der Waals surface area contributed by atoms with Gasteiger partial charge in [-0.2, -0.15) is 0 Å². The Hall–Kier alpha value is -0.540. The highest BCUT2D eigenvalue weighted by Crippen LogP contribution is 2.33. The number of ether oxygens (including phenoxy) is 1. The number of halogens is 1. The van der Waals surface area contributed by atoms with Crippen LogP contribution < -0.4 is 10.1 Å². The lowest BCUT2D eigenvalue weighted by Gasteiger charge is -2.19. The maximum atomic E-state index is 5.80. The molecule has 0 aliphatic carbocycles. The van der Waals surface area contributed by atoms with Crippen molar-refractivity contribution in [2.75, 3.05) is 6.61 Å². The SMILES string of the molecule is CCCCC(CCC)NCc1cc(Br)cc2c1OCC2. The molecule has 1 aliphatic heterocycles. The van der Waals surface area contributed by atoms with Crippen LogP contribution in [0.5, 0.6) is 5.75 Å². The second kappa shape index (κ2) is 8.04. The van der Waals surface area contributed by atoms with Crippen LogP contribution in [-0.2, 0) is 13.0 Å². The normalized spacial score (nSPS) is 14.9. The Labute approximate surface area is 131 Å². The molecule has 0 aromatic heterocycles. The highest BCUT2D eigenvalue weighted by atomic mass is 79.9. The van der Waals surface area contributed by atoms with E-state index in [0.29, 0.717) is 6.04 Å². The van der Waals surface area contributed by atoms with E-state index in [1.807, 2.05) is 0 Å². The summed E-state index contributed by atoms with van der Waals surface area (Å²) in [6, 6.07) is 5.02. The number of benzene rings is 1. The summed E-state index contributed by atoms with van der Waals surface area (Å²) in [5, 5.41) is 3.73. The van der Waals surface area contributed by atoms with E-state index in [4.69, 9.17) is 4.74 Å². The van der Waals surface area contributed by atoms with Crippen molar-refractivity contribution < 1.29 is 4.74 Å². The van der Waals surface area contributed by atoms with E-state index in [0.717, 1.165) is 25.3 Å². The molecule has 1 atom stereocenters. The van der Waals surface area contributed by atoms with Crippen molar-refractivity contribution >= 4 is 15.9 Å². The number of rotatable bonds is 8. The summed E-state index contributed by atoms with van der Waals surface area (Å²) in [6.07, 6.45) is 7.41. The molecule has 0 saturated carbocycles. The molecule has 2 nitrogen and oxygen atoms in total. The number of nitrogens with one attached hydrogen (secondary N) is 1. The van der Waals surface area contributed by atoms with Crippen LogP contribution >= 0.6 is 15.9 Å². The summed E-state index contributed by atoms with van der Waals surface area (Å²) in [5.41, 5.74) is 2.64.